The van der Waals surface area contributed by atoms with E-state index in [1.54, 1.807) is 49.6 Å². The van der Waals surface area contributed by atoms with Crippen LogP contribution in [0.5, 0.6) is 5.75 Å². The number of aromatic nitrogens is 2. The van der Waals surface area contributed by atoms with Crippen LogP contribution in [0.3, 0.4) is 0 Å². The Morgan fingerprint density at radius 2 is 2.00 bits per heavy atom. The molecule has 1 aromatic heterocycles. The van der Waals surface area contributed by atoms with Gasteiger partial charge in [-0.25, -0.2) is 8.42 Å². The zero-order chi connectivity index (χ0) is 20.4. The SMILES string of the molecule is COc1ccc(NC(=O)C2CCCN(S(=O)(=O)c3cccc4nsnc34)C2)cc1. The molecule has 1 aliphatic rings. The van der Waals surface area contributed by atoms with Crippen molar-refractivity contribution in [3.8, 4) is 5.75 Å². The first-order chi connectivity index (χ1) is 14.0. The molecule has 3 aromatic rings. The molecule has 29 heavy (non-hydrogen) atoms. The van der Waals surface area contributed by atoms with Gasteiger partial charge in [0.25, 0.3) is 0 Å². The monoisotopic (exact) mass is 432 g/mol. The number of carbonyl (C=O) groups is 1. The zero-order valence-corrected chi connectivity index (χ0v) is 17.4. The lowest BCUT2D eigenvalue weighted by atomic mass is 9.99. The van der Waals surface area contributed by atoms with Gasteiger partial charge in [0.15, 0.2) is 0 Å². The van der Waals surface area contributed by atoms with Crippen LogP contribution in [-0.2, 0) is 14.8 Å². The van der Waals surface area contributed by atoms with Gasteiger partial charge in [-0.05, 0) is 49.2 Å². The van der Waals surface area contributed by atoms with Crippen molar-refractivity contribution in [2.75, 3.05) is 25.5 Å². The Kier molecular flexibility index (Phi) is 5.48. The number of amides is 1. The smallest absolute Gasteiger partial charge is 0.245 e. The van der Waals surface area contributed by atoms with Crippen molar-refractivity contribution in [1.29, 1.82) is 0 Å². The van der Waals surface area contributed by atoms with Gasteiger partial charge < -0.3 is 10.1 Å². The van der Waals surface area contributed by atoms with Crippen LogP contribution in [0.1, 0.15) is 12.8 Å². The molecular formula is C19H20N4O4S2. The number of benzene rings is 2. The Hall–Kier alpha value is -2.56. The standard InChI is InChI=1S/C19H20N4O4S2/c1-27-15-9-7-14(8-10-15)20-19(24)13-4-3-11-23(12-13)29(25,26)17-6-2-5-16-18(17)22-28-21-16/h2,5-10,13H,3-4,11-12H2,1H3,(H,20,24). The van der Waals surface area contributed by atoms with Gasteiger partial charge in [0.1, 0.15) is 21.7 Å². The highest BCUT2D eigenvalue weighted by molar-refractivity contribution is 7.89. The Labute approximate surface area is 172 Å². The fourth-order valence-corrected chi connectivity index (χ4v) is 5.70. The Morgan fingerprint density at radius 1 is 1.21 bits per heavy atom. The second kappa shape index (κ2) is 8.05. The summed E-state index contributed by atoms with van der Waals surface area (Å²) in [4.78, 5) is 12.9. The van der Waals surface area contributed by atoms with Crippen LogP contribution in [-0.4, -0.2) is 47.6 Å². The number of piperidine rings is 1. The lowest BCUT2D eigenvalue weighted by Crippen LogP contribution is -2.43. The predicted molar refractivity (Wildman–Crippen MR) is 111 cm³/mol. The predicted octanol–water partition coefficient (Wildman–Crippen LogP) is 2.74. The van der Waals surface area contributed by atoms with Crippen molar-refractivity contribution in [3.63, 3.8) is 0 Å². The average molecular weight is 433 g/mol. The minimum absolute atomic E-state index is 0.137. The molecule has 0 aliphatic carbocycles. The molecule has 4 rings (SSSR count). The van der Waals surface area contributed by atoms with Crippen molar-refractivity contribution < 1.29 is 17.9 Å². The number of anilines is 1. The van der Waals surface area contributed by atoms with Crippen molar-refractivity contribution >= 4 is 44.4 Å². The van der Waals surface area contributed by atoms with Crippen molar-refractivity contribution in [2.45, 2.75) is 17.7 Å². The van der Waals surface area contributed by atoms with E-state index in [1.807, 2.05) is 0 Å². The third-order valence-corrected chi connectivity index (χ3v) is 7.42. The largest absolute Gasteiger partial charge is 0.497 e. The molecule has 0 spiro atoms. The molecule has 1 N–H and O–H groups in total. The van der Waals surface area contributed by atoms with Gasteiger partial charge in [-0.1, -0.05) is 6.07 Å². The number of hydrogen-bond acceptors (Lipinski definition) is 7. The van der Waals surface area contributed by atoms with Crippen LogP contribution in [0, 0.1) is 5.92 Å². The van der Waals surface area contributed by atoms with Gasteiger partial charge >= 0.3 is 0 Å². The van der Waals surface area contributed by atoms with Crippen molar-refractivity contribution in [3.05, 3.63) is 42.5 Å². The first-order valence-electron chi connectivity index (χ1n) is 9.15. The number of nitrogens with zero attached hydrogens (tertiary/aromatic N) is 3. The number of carbonyl (C=O) groups excluding carboxylic acids is 1. The molecule has 1 fully saturated rings. The summed E-state index contributed by atoms with van der Waals surface area (Å²) in [5.74, 6) is 0.0839. The molecule has 0 bridgehead atoms. The van der Waals surface area contributed by atoms with E-state index >= 15 is 0 Å². The summed E-state index contributed by atoms with van der Waals surface area (Å²) in [7, 11) is -2.19. The first kappa shape index (κ1) is 19.7. The summed E-state index contributed by atoms with van der Waals surface area (Å²) >= 11 is 0.983. The molecule has 10 heteroatoms. The summed E-state index contributed by atoms with van der Waals surface area (Å²) < 4.78 is 41.2. The normalized spacial score (nSPS) is 17.9. The van der Waals surface area contributed by atoms with E-state index in [4.69, 9.17) is 4.74 Å². The summed E-state index contributed by atoms with van der Waals surface area (Å²) in [5.41, 5.74) is 1.58. The van der Waals surface area contributed by atoms with E-state index in [1.165, 1.54) is 4.31 Å². The number of nitrogens with one attached hydrogen (secondary N) is 1. The highest BCUT2D eigenvalue weighted by Crippen LogP contribution is 2.28. The number of ether oxygens (including phenoxy) is 1. The summed E-state index contributed by atoms with van der Waals surface area (Å²) in [6, 6.07) is 12.0. The highest BCUT2D eigenvalue weighted by atomic mass is 32.2. The zero-order valence-electron chi connectivity index (χ0n) is 15.7. The van der Waals surface area contributed by atoms with Crippen LogP contribution in [0.4, 0.5) is 5.69 Å². The summed E-state index contributed by atoms with van der Waals surface area (Å²) in [6.45, 7) is 0.515. The van der Waals surface area contributed by atoms with Gasteiger partial charge in [0, 0.05) is 18.8 Å². The van der Waals surface area contributed by atoms with Crippen LogP contribution in [0.15, 0.2) is 47.4 Å². The fourth-order valence-electron chi connectivity index (χ4n) is 3.42. The van der Waals surface area contributed by atoms with Crippen molar-refractivity contribution in [2.24, 2.45) is 5.92 Å². The van der Waals surface area contributed by atoms with E-state index in [2.05, 4.69) is 14.1 Å². The molecular weight excluding hydrogens is 412 g/mol. The van der Waals surface area contributed by atoms with Crippen LogP contribution >= 0.6 is 11.7 Å². The molecule has 0 radical (unpaired) electrons. The maximum Gasteiger partial charge on any atom is 0.245 e. The van der Waals surface area contributed by atoms with E-state index in [9.17, 15) is 13.2 Å². The van der Waals surface area contributed by atoms with E-state index in [-0.39, 0.29) is 17.3 Å². The number of sulfonamides is 1. The molecule has 1 unspecified atom stereocenters. The number of hydrogen-bond donors (Lipinski definition) is 1. The maximum absolute atomic E-state index is 13.2. The minimum Gasteiger partial charge on any atom is -0.497 e. The minimum atomic E-state index is -3.77. The lowest BCUT2D eigenvalue weighted by molar-refractivity contribution is -0.120. The molecule has 2 heterocycles. The second-order valence-corrected chi connectivity index (χ2v) is 9.24. The fraction of sp³-hybridized carbons (Fsp3) is 0.316. The quantitative estimate of drug-likeness (QED) is 0.665. The molecule has 8 nitrogen and oxygen atoms in total. The molecule has 0 saturated carbocycles. The number of rotatable bonds is 5. The van der Waals surface area contributed by atoms with Crippen molar-refractivity contribution in [1.82, 2.24) is 13.1 Å². The van der Waals surface area contributed by atoms with Gasteiger partial charge in [0.2, 0.25) is 15.9 Å². The van der Waals surface area contributed by atoms with E-state index in [0.29, 0.717) is 41.9 Å². The van der Waals surface area contributed by atoms with Gasteiger partial charge in [-0.3, -0.25) is 4.79 Å². The molecule has 2 aromatic carbocycles. The van der Waals surface area contributed by atoms with E-state index in [0.717, 1.165) is 11.7 Å². The van der Waals surface area contributed by atoms with Gasteiger partial charge in [-0.15, -0.1) is 0 Å². The lowest BCUT2D eigenvalue weighted by Gasteiger charge is -2.31. The van der Waals surface area contributed by atoms with Crippen LogP contribution in [0.2, 0.25) is 0 Å². The average Bonchev–Trinajstić information content (AvgIpc) is 3.23. The highest BCUT2D eigenvalue weighted by Gasteiger charge is 2.34. The first-order valence-corrected chi connectivity index (χ1v) is 11.3. The maximum atomic E-state index is 13.2. The second-order valence-electron chi connectivity index (χ2n) is 6.81. The van der Waals surface area contributed by atoms with E-state index < -0.39 is 15.9 Å². The third kappa shape index (κ3) is 3.96. The molecule has 152 valence electrons. The van der Waals surface area contributed by atoms with Gasteiger partial charge in [-0.2, -0.15) is 13.1 Å². The number of fused-ring (bicyclic) bond motifs is 1. The molecule has 1 saturated heterocycles. The molecule has 1 atom stereocenters. The van der Waals surface area contributed by atoms with Crippen LogP contribution < -0.4 is 10.1 Å². The topological polar surface area (TPSA) is 101 Å². The summed E-state index contributed by atoms with van der Waals surface area (Å²) in [5, 5.41) is 2.86. The summed E-state index contributed by atoms with van der Waals surface area (Å²) in [6.07, 6.45) is 1.25. The third-order valence-electron chi connectivity index (χ3n) is 4.98. The molecule has 1 amide bonds. The van der Waals surface area contributed by atoms with Gasteiger partial charge in [0.05, 0.1) is 24.8 Å². The Balaban J connectivity index is 1.51. The molecule has 1 aliphatic heterocycles. The van der Waals surface area contributed by atoms with Crippen LogP contribution in [0.25, 0.3) is 11.0 Å². The Morgan fingerprint density at radius 3 is 2.76 bits per heavy atom. The number of methoxy groups -OCH3 is 1. The Bertz CT molecular complexity index is 1130.